The van der Waals surface area contributed by atoms with E-state index in [-0.39, 0.29) is 17.9 Å². The summed E-state index contributed by atoms with van der Waals surface area (Å²) < 4.78 is 5.12. The average Bonchev–Trinajstić information content (AvgIpc) is 2.78. The molecule has 0 saturated carbocycles. The molecule has 0 aliphatic carbocycles. The third-order valence-electron chi connectivity index (χ3n) is 4.67. The summed E-state index contributed by atoms with van der Waals surface area (Å²) in [5, 5.41) is 5.84. The summed E-state index contributed by atoms with van der Waals surface area (Å²) in [6.45, 7) is 2.36. The first-order chi connectivity index (χ1) is 14.1. The molecule has 0 radical (unpaired) electrons. The van der Waals surface area contributed by atoms with Crippen LogP contribution in [0.25, 0.3) is 0 Å². The fourth-order valence-electron chi connectivity index (χ4n) is 2.91. The molecule has 0 heterocycles. The van der Waals surface area contributed by atoms with Crippen LogP contribution in [0.1, 0.15) is 44.8 Å². The van der Waals surface area contributed by atoms with Gasteiger partial charge in [0.15, 0.2) is 0 Å². The molecule has 5 heteroatoms. The van der Waals surface area contributed by atoms with E-state index in [1.165, 1.54) is 0 Å². The molecular weight excluding hydrogens is 364 g/mol. The van der Waals surface area contributed by atoms with Crippen molar-refractivity contribution in [2.45, 2.75) is 19.5 Å². The van der Waals surface area contributed by atoms with Crippen molar-refractivity contribution in [2.24, 2.45) is 0 Å². The molecule has 3 aromatic carbocycles. The summed E-state index contributed by atoms with van der Waals surface area (Å²) in [5.41, 5.74) is 3.03. The quantitative estimate of drug-likeness (QED) is 0.640. The second kappa shape index (κ2) is 9.55. The van der Waals surface area contributed by atoms with Gasteiger partial charge < -0.3 is 15.4 Å². The zero-order valence-electron chi connectivity index (χ0n) is 16.5. The Hall–Kier alpha value is -3.60. The third-order valence-corrected chi connectivity index (χ3v) is 4.67. The van der Waals surface area contributed by atoms with Crippen LogP contribution in [0.3, 0.4) is 0 Å². The number of ether oxygens (including phenoxy) is 1. The second-order valence-electron chi connectivity index (χ2n) is 6.71. The Morgan fingerprint density at radius 2 is 1.41 bits per heavy atom. The van der Waals surface area contributed by atoms with Crippen molar-refractivity contribution in [3.8, 4) is 5.75 Å². The first-order valence-corrected chi connectivity index (χ1v) is 9.44. The molecule has 3 rings (SSSR count). The van der Waals surface area contributed by atoms with E-state index >= 15 is 0 Å². The Balaban J connectivity index is 1.55. The molecule has 0 aliphatic heterocycles. The number of rotatable bonds is 7. The van der Waals surface area contributed by atoms with E-state index in [1.807, 2.05) is 61.5 Å². The van der Waals surface area contributed by atoms with Crippen molar-refractivity contribution in [1.29, 1.82) is 0 Å². The maximum atomic E-state index is 12.5. The Kier molecular flexibility index (Phi) is 6.63. The molecule has 0 spiro atoms. The molecule has 3 aromatic rings. The van der Waals surface area contributed by atoms with E-state index in [0.717, 1.165) is 16.9 Å². The predicted molar refractivity (Wildman–Crippen MR) is 113 cm³/mol. The SMILES string of the molecule is COc1ccc(CNC(=O)c2ccc(C(=O)NC(C)c3ccccc3)cc2)cc1. The summed E-state index contributed by atoms with van der Waals surface area (Å²) in [6.07, 6.45) is 0. The molecule has 0 aromatic heterocycles. The maximum Gasteiger partial charge on any atom is 0.251 e. The molecule has 0 aliphatic rings. The average molecular weight is 388 g/mol. The fourth-order valence-corrected chi connectivity index (χ4v) is 2.91. The highest BCUT2D eigenvalue weighted by Crippen LogP contribution is 2.14. The first kappa shape index (κ1) is 20.1. The molecule has 5 nitrogen and oxygen atoms in total. The minimum absolute atomic E-state index is 0.101. The van der Waals surface area contributed by atoms with Gasteiger partial charge in [0.1, 0.15) is 5.75 Å². The smallest absolute Gasteiger partial charge is 0.251 e. The van der Waals surface area contributed by atoms with Crippen LogP contribution in [-0.2, 0) is 6.54 Å². The highest BCUT2D eigenvalue weighted by Gasteiger charge is 2.12. The molecule has 0 bridgehead atoms. The normalized spacial score (nSPS) is 11.4. The van der Waals surface area contributed by atoms with Crippen molar-refractivity contribution in [2.75, 3.05) is 7.11 Å². The van der Waals surface area contributed by atoms with Gasteiger partial charge in [-0.2, -0.15) is 0 Å². The van der Waals surface area contributed by atoms with Crippen LogP contribution < -0.4 is 15.4 Å². The molecule has 2 N–H and O–H groups in total. The van der Waals surface area contributed by atoms with Gasteiger partial charge in [-0.3, -0.25) is 9.59 Å². The number of nitrogens with one attached hydrogen (secondary N) is 2. The monoisotopic (exact) mass is 388 g/mol. The summed E-state index contributed by atoms with van der Waals surface area (Å²) >= 11 is 0. The van der Waals surface area contributed by atoms with E-state index in [2.05, 4.69) is 10.6 Å². The van der Waals surface area contributed by atoms with Gasteiger partial charge in [-0.1, -0.05) is 42.5 Å². The molecular formula is C24H24N2O3. The zero-order chi connectivity index (χ0) is 20.6. The van der Waals surface area contributed by atoms with Crippen LogP contribution in [0.15, 0.2) is 78.9 Å². The lowest BCUT2D eigenvalue weighted by molar-refractivity contribution is 0.0932. The third kappa shape index (κ3) is 5.45. The van der Waals surface area contributed by atoms with E-state index in [4.69, 9.17) is 4.74 Å². The van der Waals surface area contributed by atoms with Gasteiger partial charge in [0.25, 0.3) is 11.8 Å². The van der Waals surface area contributed by atoms with Crippen LogP contribution >= 0.6 is 0 Å². The Bertz CT molecular complexity index is 952. The highest BCUT2D eigenvalue weighted by molar-refractivity contribution is 5.97. The van der Waals surface area contributed by atoms with Crippen LogP contribution in [0.4, 0.5) is 0 Å². The van der Waals surface area contributed by atoms with Crippen molar-refractivity contribution in [3.05, 3.63) is 101 Å². The summed E-state index contributed by atoms with van der Waals surface area (Å²) in [5.74, 6) is 0.410. The number of amides is 2. The lowest BCUT2D eigenvalue weighted by Crippen LogP contribution is -2.27. The van der Waals surface area contributed by atoms with E-state index < -0.39 is 0 Å². The molecule has 2 amide bonds. The number of benzene rings is 3. The van der Waals surface area contributed by atoms with Crippen molar-refractivity contribution >= 4 is 11.8 Å². The number of carbonyl (C=O) groups excluding carboxylic acids is 2. The Morgan fingerprint density at radius 3 is 2.00 bits per heavy atom. The van der Waals surface area contributed by atoms with Gasteiger partial charge in [0.2, 0.25) is 0 Å². The minimum atomic E-state index is -0.189. The number of carbonyl (C=O) groups is 2. The fraction of sp³-hybridized carbons (Fsp3) is 0.167. The van der Waals surface area contributed by atoms with Gasteiger partial charge in [-0.25, -0.2) is 0 Å². The molecule has 1 atom stereocenters. The van der Waals surface area contributed by atoms with Crippen LogP contribution in [0, 0.1) is 0 Å². The highest BCUT2D eigenvalue weighted by atomic mass is 16.5. The first-order valence-electron chi connectivity index (χ1n) is 9.44. The second-order valence-corrected chi connectivity index (χ2v) is 6.71. The van der Waals surface area contributed by atoms with Crippen LogP contribution in [0.2, 0.25) is 0 Å². The van der Waals surface area contributed by atoms with Gasteiger partial charge in [-0.05, 0) is 54.4 Å². The molecule has 1 unspecified atom stereocenters. The molecule has 0 saturated heterocycles. The number of hydrogen-bond acceptors (Lipinski definition) is 3. The Labute approximate surface area is 170 Å². The minimum Gasteiger partial charge on any atom is -0.497 e. The molecule has 148 valence electrons. The lowest BCUT2D eigenvalue weighted by Gasteiger charge is -2.14. The summed E-state index contributed by atoms with van der Waals surface area (Å²) in [7, 11) is 1.61. The van der Waals surface area contributed by atoms with Gasteiger partial charge >= 0.3 is 0 Å². The zero-order valence-corrected chi connectivity index (χ0v) is 16.5. The lowest BCUT2D eigenvalue weighted by atomic mass is 10.1. The van der Waals surface area contributed by atoms with E-state index in [0.29, 0.717) is 17.7 Å². The summed E-state index contributed by atoms with van der Waals surface area (Å²) in [4.78, 5) is 24.8. The maximum absolute atomic E-state index is 12.5. The largest absolute Gasteiger partial charge is 0.497 e. The Morgan fingerprint density at radius 1 is 0.828 bits per heavy atom. The van der Waals surface area contributed by atoms with E-state index in [1.54, 1.807) is 31.4 Å². The van der Waals surface area contributed by atoms with Gasteiger partial charge in [0, 0.05) is 17.7 Å². The van der Waals surface area contributed by atoms with Gasteiger partial charge in [0.05, 0.1) is 13.2 Å². The van der Waals surface area contributed by atoms with E-state index in [9.17, 15) is 9.59 Å². The summed E-state index contributed by atoms with van der Waals surface area (Å²) in [6, 6.07) is 23.8. The van der Waals surface area contributed by atoms with Crippen LogP contribution in [0.5, 0.6) is 5.75 Å². The van der Waals surface area contributed by atoms with Crippen molar-refractivity contribution in [3.63, 3.8) is 0 Å². The van der Waals surface area contributed by atoms with Gasteiger partial charge in [-0.15, -0.1) is 0 Å². The standard InChI is InChI=1S/C24H24N2O3/c1-17(19-6-4-3-5-7-19)26-24(28)21-12-10-20(11-13-21)23(27)25-16-18-8-14-22(29-2)15-9-18/h3-15,17H,16H2,1-2H3,(H,25,27)(H,26,28). The van der Waals surface area contributed by atoms with Crippen molar-refractivity contribution in [1.82, 2.24) is 10.6 Å². The predicted octanol–water partition coefficient (Wildman–Crippen LogP) is 4.12. The number of methoxy groups -OCH3 is 1. The molecule has 0 fully saturated rings. The topological polar surface area (TPSA) is 67.4 Å². The van der Waals surface area contributed by atoms with Crippen LogP contribution in [-0.4, -0.2) is 18.9 Å². The molecule has 29 heavy (non-hydrogen) atoms. The number of hydrogen-bond donors (Lipinski definition) is 2. The van der Waals surface area contributed by atoms with Crippen molar-refractivity contribution < 1.29 is 14.3 Å².